The van der Waals surface area contributed by atoms with Crippen molar-refractivity contribution in [2.75, 3.05) is 6.26 Å². The highest BCUT2D eigenvalue weighted by molar-refractivity contribution is 7.93. The molecule has 5 nitrogen and oxygen atoms in total. The molecule has 0 saturated heterocycles. The molecule has 2 aromatic carbocycles. The Bertz CT molecular complexity index is 1100. The lowest BCUT2D eigenvalue weighted by Crippen LogP contribution is -2.19. The topological polar surface area (TPSA) is 89.6 Å². The van der Waals surface area contributed by atoms with Gasteiger partial charge in [0.2, 0.25) is 10.0 Å². The predicted molar refractivity (Wildman–Crippen MR) is 86.7 cm³/mol. The van der Waals surface area contributed by atoms with E-state index in [-0.39, 0.29) is 5.56 Å². The monoisotopic (exact) mass is 390 g/mol. The molecule has 0 spiro atoms. The molecule has 1 atom stereocenters. The lowest BCUT2D eigenvalue weighted by atomic mass is 10.0. The number of nitrogens with zero attached hydrogens (tertiary/aromatic N) is 1. The summed E-state index contributed by atoms with van der Waals surface area (Å²) in [7, 11) is -7.09. The van der Waals surface area contributed by atoms with Gasteiger partial charge >= 0.3 is 6.18 Å². The van der Waals surface area contributed by atoms with Gasteiger partial charge < -0.3 is 0 Å². The summed E-state index contributed by atoms with van der Waals surface area (Å²) in [6.07, 6.45) is -3.42. The van der Waals surface area contributed by atoms with Crippen LogP contribution in [0.1, 0.15) is 11.1 Å². The van der Waals surface area contributed by atoms with E-state index in [0.29, 0.717) is 17.0 Å². The lowest BCUT2D eigenvalue weighted by Gasteiger charge is -2.14. The maximum Gasteiger partial charge on any atom is 0.417 e. The third kappa shape index (κ3) is 3.29. The second-order valence-corrected chi connectivity index (χ2v) is 9.50. The quantitative estimate of drug-likeness (QED) is 0.855. The van der Waals surface area contributed by atoms with Crippen molar-refractivity contribution >= 4 is 19.8 Å². The molecule has 0 bridgehead atoms. The van der Waals surface area contributed by atoms with Gasteiger partial charge in [-0.2, -0.15) is 13.2 Å². The van der Waals surface area contributed by atoms with Gasteiger partial charge in [-0.25, -0.2) is 22.1 Å². The Hall–Kier alpha value is -1.91. The van der Waals surface area contributed by atoms with Crippen molar-refractivity contribution in [2.45, 2.75) is 22.5 Å². The molecule has 134 valence electrons. The zero-order valence-corrected chi connectivity index (χ0v) is 14.5. The molecule has 0 aromatic heterocycles. The van der Waals surface area contributed by atoms with Crippen molar-refractivity contribution in [3.05, 3.63) is 47.5 Å². The van der Waals surface area contributed by atoms with E-state index in [0.717, 1.165) is 17.7 Å². The maximum atomic E-state index is 13.2. The van der Waals surface area contributed by atoms with Crippen LogP contribution < -0.4 is 5.14 Å². The molecule has 1 aliphatic rings. The van der Waals surface area contributed by atoms with Crippen molar-refractivity contribution < 1.29 is 25.8 Å². The van der Waals surface area contributed by atoms with Gasteiger partial charge in [0.1, 0.15) is 0 Å². The normalized spacial score (nSPS) is 20.2. The fourth-order valence-electron chi connectivity index (χ4n) is 2.66. The van der Waals surface area contributed by atoms with Gasteiger partial charge in [-0.3, -0.25) is 0 Å². The van der Waals surface area contributed by atoms with E-state index >= 15 is 0 Å². The van der Waals surface area contributed by atoms with Gasteiger partial charge in [-0.1, -0.05) is 18.2 Å². The summed E-state index contributed by atoms with van der Waals surface area (Å²) in [6.45, 7) is 0.295. The number of nitrogens with two attached hydrogens (primary N) is 1. The van der Waals surface area contributed by atoms with Gasteiger partial charge in [0.05, 0.1) is 31.6 Å². The number of primary sulfonamides is 1. The summed E-state index contributed by atoms with van der Waals surface area (Å²) < 4.78 is 78.9. The maximum absolute atomic E-state index is 13.2. The zero-order chi connectivity index (χ0) is 18.6. The second kappa shape index (κ2) is 5.55. The fourth-order valence-corrected chi connectivity index (χ4v) is 4.89. The standard InChI is InChI=1S/C15H13F3N2O3S2/c1-24(21)14-7-10(2-3-11(14)8-20-24)9-4-5-13(25(19,22)23)12(6-9)15(16,17)18/h2-7H,8H2,1H3,(H2,19,22,23). The SMILES string of the molecule is CS1(=O)=NCc2ccc(-c3ccc(S(N)(=O)=O)c(C(F)(F)F)c3)cc21. The third-order valence-corrected chi connectivity index (χ3v) is 6.67. The third-order valence-electron chi connectivity index (χ3n) is 3.88. The second-order valence-electron chi connectivity index (χ2n) is 5.67. The molecular weight excluding hydrogens is 377 g/mol. The molecule has 0 fully saturated rings. The highest BCUT2D eigenvalue weighted by Crippen LogP contribution is 2.37. The van der Waals surface area contributed by atoms with E-state index in [1.807, 2.05) is 0 Å². The van der Waals surface area contributed by atoms with Gasteiger partial charge in [0, 0.05) is 6.26 Å². The molecular formula is C15H13F3N2O3S2. The van der Waals surface area contributed by atoms with E-state index in [2.05, 4.69) is 4.36 Å². The fraction of sp³-hybridized carbons (Fsp3) is 0.200. The minimum Gasteiger partial charge on any atom is -0.245 e. The minimum absolute atomic E-state index is 0.143. The summed E-state index contributed by atoms with van der Waals surface area (Å²) in [5.74, 6) is 0. The number of sulfonamides is 1. The number of benzene rings is 2. The molecule has 0 radical (unpaired) electrons. The van der Waals surface area contributed by atoms with Crippen LogP contribution in [-0.4, -0.2) is 18.9 Å². The number of fused-ring (bicyclic) bond motifs is 1. The van der Waals surface area contributed by atoms with Gasteiger partial charge in [0.25, 0.3) is 0 Å². The van der Waals surface area contributed by atoms with Crippen LogP contribution in [0.2, 0.25) is 0 Å². The molecule has 25 heavy (non-hydrogen) atoms. The Morgan fingerprint density at radius 1 is 1.12 bits per heavy atom. The van der Waals surface area contributed by atoms with Crippen molar-refractivity contribution in [2.24, 2.45) is 9.50 Å². The van der Waals surface area contributed by atoms with Crippen molar-refractivity contribution in [3.8, 4) is 11.1 Å². The molecule has 0 amide bonds. The Kier molecular flexibility index (Phi) is 3.97. The Morgan fingerprint density at radius 2 is 1.72 bits per heavy atom. The Balaban J connectivity index is 2.21. The summed E-state index contributed by atoms with van der Waals surface area (Å²) in [4.78, 5) is -0.506. The van der Waals surface area contributed by atoms with Crippen molar-refractivity contribution in [1.29, 1.82) is 0 Å². The van der Waals surface area contributed by atoms with E-state index < -0.39 is 36.4 Å². The Morgan fingerprint density at radius 3 is 2.32 bits per heavy atom. The van der Waals surface area contributed by atoms with Crippen LogP contribution in [-0.2, 0) is 32.5 Å². The number of hydrogen-bond acceptors (Lipinski definition) is 4. The van der Waals surface area contributed by atoms with E-state index in [1.165, 1.54) is 18.4 Å². The molecule has 1 aliphatic heterocycles. The zero-order valence-electron chi connectivity index (χ0n) is 12.9. The summed E-state index contributed by atoms with van der Waals surface area (Å²) in [5.41, 5.74) is -0.0510. The molecule has 0 aliphatic carbocycles. The predicted octanol–water partition coefficient (Wildman–Crippen LogP) is 2.99. The molecule has 3 rings (SSSR count). The van der Waals surface area contributed by atoms with Gasteiger partial charge in [-0.05, 0) is 34.9 Å². The summed E-state index contributed by atoms with van der Waals surface area (Å²) in [6, 6.07) is 7.56. The van der Waals surface area contributed by atoms with Crippen LogP contribution >= 0.6 is 0 Å². The molecule has 0 saturated carbocycles. The van der Waals surface area contributed by atoms with Crippen LogP contribution in [0.4, 0.5) is 13.2 Å². The van der Waals surface area contributed by atoms with Gasteiger partial charge in [-0.15, -0.1) is 0 Å². The highest BCUT2D eigenvalue weighted by Gasteiger charge is 2.36. The van der Waals surface area contributed by atoms with Crippen LogP contribution in [0.5, 0.6) is 0 Å². The smallest absolute Gasteiger partial charge is 0.245 e. The average molecular weight is 390 g/mol. The number of hydrogen-bond donors (Lipinski definition) is 1. The lowest BCUT2D eigenvalue weighted by molar-refractivity contribution is -0.139. The summed E-state index contributed by atoms with van der Waals surface area (Å²) in [5, 5.41) is 4.87. The average Bonchev–Trinajstić information content (AvgIpc) is 2.80. The van der Waals surface area contributed by atoms with Gasteiger partial charge in [0.15, 0.2) is 0 Å². The summed E-state index contributed by atoms with van der Waals surface area (Å²) >= 11 is 0. The highest BCUT2D eigenvalue weighted by atomic mass is 32.2. The van der Waals surface area contributed by atoms with Crippen molar-refractivity contribution in [1.82, 2.24) is 0 Å². The largest absolute Gasteiger partial charge is 0.417 e. The number of alkyl halides is 3. The van der Waals surface area contributed by atoms with Crippen LogP contribution in [0, 0.1) is 0 Å². The molecule has 1 unspecified atom stereocenters. The van der Waals surface area contributed by atoms with E-state index in [4.69, 9.17) is 5.14 Å². The molecule has 10 heteroatoms. The first-order valence-electron chi connectivity index (χ1n) is 6.95. The van der Waals surface area contributed by atoms with Crippen molar-refractivity contribution in [3.63, 3.8) is 0 Å². The van der Waals surface area contributed by atoms with Crippen LogP contribution in [0.25, 0.3) is 11.1 Å². The molecule has 1 heterocycles. The van der Waals surface area contributed by atoms with E-state index in [1.54, 1.807) is 12.1 Å². The molecule has 2 aromatic rings. The molecule has 2 N–H and O–H groups in total. The first-order valence-corrected chi connectivity index (χ1v) is 10.4. The number of halogens is 3. The first-order chi connectivity index (χ1) is 11.4. The van der Waals surface area contributed by atoms with Crippen LogP contribution in [0.3, 0.4) is 0 Å². The number of rotatable bonds is 2. The minimum atomic E-state index is -4.89. The van der Waals surface area contributed by atoms with Crippen LogP contribution in [0.15, 0.2) is 50.6 Å². The Labute approximate surface area is 142 Å². The van der Waals surface area contributed by atoms with E-state index in [9.17, 15) is 25.8 Å². The first kappa shape index (κ1) is 17.9.